The summed E-state index contributed by atoms with van der Waals surface area (Å²) in [4.78, 5) is 0.183. The van der Waals surface area contributed by atoms with Gasteiger partial charge in [-0.15, -0.1) is 0 Å². The van der Waals surface area contributed by atoms with E-state index in [4.69, 9.17) is 0 Å². The van der Waals surface area contributed by atoms with Gasteiger partial charge in [0.1, 0.15) is 0 Å². The van der Waals surface area contributed by atoms with Crippen molar-refractivity contribution in [1.29, 1.82) is 0 Å². The standard InChI is InChI=1S/C26H24N2O4S2/c29-33(30,23-17-9-3-10-18-23)27-25(21-13-5-1-6-14-21)26(22-15-7-2-8-16-22)28-34(31,32)24-19-11-4-12-20-24/h1-20,25-28H/t25-,26-/m0/s1. The molecule has 4 aromatic rings. The average Bonchev–Trinajstić information content (AvgIpc) is 2.88. The van der Waals surface area contributed by atoms with Crippen LogP contribution in [0.2, 0.25) is 0 Å². The number of nitrogens with one attached hydrogen (secondary N) is 2. The molecule has 0 aliphatic carbocycles. The maximum Gasteiger partial charge on any atom is 0.241 e. The molecule has 0 bridgehead atoms. The van der Waals surface area contributed by atoms with Crippen LogP contribution in [-0.4, -0.2) is 16.8 Å². The number of benzene rings is 4. The molecule has 4 aromatic carbocycles. The van der Waals surface area contributed by atoms with Gasteiger partial charge in [0.2, 0.25) is 20.0 Å². The summed E-state index contributed by atoms with van der Waals surface area (Å²) in [5.41, 5.74) is 1.23. The molecule has 0 amide bonds. The van der Waals surface area contributed by atoms with Gasteiger partial charge < -0.3 is 0 Å². The predicted octanol–water partition coefficient (Wildman–Crippen LogP) is 4.43. The zero-order valence-electron chi connectivity index (χ0n) is 18.2. The van der Waals surface area contributed by atoms with Crippen molar-refractivity contribution in [3.63, 3.8) is 0 Å². The van der Waals surface area contributed by atoms with Crippen molar-refractivity contribution in [2.24, 2.45) is 0 Å². The van der Waals surface area contributed by atoms with Crippen LogP contribution in [0.1, 0.15) is 23.2 Å². The van der Waals surface area contributed by atoms with Crippen LogP contribution in [0.4, 0.5) is 0 Å². The van der Waals surface area contributed by atoms with E-state index in [2.05, 4.69) is 9.44 Å². The molecule has 0 aliphatic rings. The first kappa shape index (κ1) is 23.8. The molecule has 4 rings (SSSR count). The van der Waals surface area contributed by atoms with Crippen LogP contribution in [-0.2, 0) is 20.0 Å². The van der Waals surface area contributed by atoms with Gasteiger partial charge in [-0.2, -0.15) is 0 Å². The van der Waals surface area contributed by atoms with Gasteiger partial charge in [0, 0.05) is 0 Å². The normalized spacial score (nSPS) is 13.8. The Morgan fingerprint density at radius 2 is 0.676 bits per heavy atom. The van der Waals surface area contributed by atoms with E-state index in [1.165, 1.54) is 24.3 Å². The first-order chi connectivity index (χ1) is 16.4. The summed E-state index contributed by atoms with van der Waals surface area (Å²) in [6.07, 6.45) is 0. The Morgan fingerprint density at radius 3 is 0.971 bits per heavy atom. The largest absolute Gasteiger partial charge is 0.241 e. The average molecular weight is 493 g/mol. The third-order valence-corrected chi connectivity index (χ3v) is 8.24. The maximum atomic E-state index is 13.3. The molecule has 0 fully saturated rings. The molecule has 6 nitrogen and oxygen atoms in total. The van der Waals surface area contributed by atoms with Crippen molar-refractivity contribution in [1.82, 2.24) is 9.44 Å². The van der Waals surface area contributed by atoms with E-state index in [-0.39, 0.29) is 9.79 Å². The van der Waals surface area contributed by atoms with Crippen LogP contribution >= 0.6 is 0 Å². The van der Waals surface area contributed by atoms with Gasteiger partial charge in [-0.05, 0) is 35.4 Å². The van der Waals surface area contributed by atoms with Crippen molar-refractivity contribution in [3.8, 4) is 0 Å². The molecule has 8 heteroatoms. The molecular weight excluding hydrogens is 468 g/mol. The Kier molecular flexibility index (Phi) is 7.23. The summed E-state index contributed by atoms with van der Waals surface area (Å²) in [5.74, 6) is 0. The molecule has 0 saturated carbocycles. The Morgan fingerprint density at radius 1 is 0.412 bits per heavy atom. The minimum Gasteiger partial charge on any atom is -0.207 e. The van der Waals surface area contributed by atoms with Gasteiger partial charge in [0.15, 0.2) is 0 Å². The minimum atomic E-state index is -3.97. The topological polar surface area (TPSA) is 92.3 Å². The number of rotatable bonds is 9. The lowest BCUT2D eigenvalue weighted by Gasteiger charge is -2.29. The van der Waals surface area contributed by atoms with E-state index in [1.54, 1.807) is 84.9 Å². The van der Waals surface area contributed by atoms with Crippen LogP contribution in [0.15, 0.2) is 131 Å². The zero-order chi connectivity index (χ0) is 24.0. The fourth-order valence-corrected chi connectivity index (χ4v) is 6.16. The molecule has 2 N–H and O–H groups in total. The quantitative estimate of drug-likeness (QED) is 0.362. The van der Waals surface area contributed by atoms with Crippen molar-refractivity contribution < 1.29 is 16.8 Å². The summed E-state index contributed by atoms with van der Waals surface area (Å²) in [5, 5.41) is 0. The molecule has 2 atom stereocenters. The van der Waals surface area contributed by atoms with Crippen LogP contribution in [0.5, 0.6) is 0 Å². The van der Waals surface area contributed by atoms with Gasteiger partial charge in [-0.25, -0.2) is 26.3 Å². The highest BCUT2D eigenvalue weighted by molar-refractivity contribution is 7.90. The van der Waals surface area contributed by atoms with E-state index in [0.717, 1.165) is 0 Å². The Labute approximate surface area is 200 Å². The third kappa shape index (κ3) is 5.60. The summed E-state index contributed by atoms with van der Waals surface area (Å²) in [6.45, 7) is 0. The number of hydrogen-bond acceptors (Lipinski definition) is 4. The summed E-state index contributed by atoms with van der Waals surface area (Å²) in [6, 6.07) is 32.0. The first-order valence-electron chi connectivity index (χ1n) is 10.6. The first-order valence-corrected chi connectivity index (χ1v) is 13.6. The number of hydrogen-bond donors (Lipinski definition) is 2. The van der Waals surface area contributed by atoms with E-state index in [9.17, 15) is 16.8 Å². The smallest absolute Gasteiger partial charge is 0.207 e. The van der Waals surface area contributed by atoms with Gasteiger partial charge in [0.05, 0.1) is 21.9 Å². The Hall–Kier alpha value is -3.30. The minimum absolute atomic E-state index is 0.0914. The van der Waals surface area contributed by atoms with Gasteiger partial charge in [-0.3, -0.25) is 0 Å². The highest BCUT2D eigenvalue weighted by Crippen LogP contribution is 2.32. The molecular formula is C26H24N2O4S2. The molecule has 0 saturated heterocycles. The second-order valence-corrected chi connectivity index (χ2v) is 11.1. The molecule has 34 heavy (non-hydrogen) atoms. The van der Waals surface area contributed by atoms with E-state index in [0.29, 0.717) is 11.1 Å². The Bertz CT molecular complexity index is 1300. The zero-order valence-corrected chi connectivity index (χ0v) is 19.8. The van der Waals surface area contributed by atoms with Crippen molar-refractivity contribution in [2.75, 3.05) is 0 Å². The van der Waals surface area contributed by atoms with Crippen LogP contribution in [0.25, 0.3) is 0 Å². The molecule has 0 aromatic heterocycles. The fourth-order valence-electron chi connectivity index (χ4n) is 3.65. The van der Waals surface area contributed by atoms with Crippen molar-refractivity contribution >= 4 is 20.0 Å². The van der Waals surface area contributed by atoms with Crippen molar-refractivity contribution in [3.05, 3.63) is 132 Å². The summed E-state index contributed by atoms with van der Waals surface area (Å²) >= 11 is 0. The lowest BCUT2D eigenvalue weighted by molar-refractivity contribution is 0.466. The predicted molar refractivity (Wildman–Crippen MR) is 132 cm³/mol. The fraction of sp³-hybridized carbons (Fsp3) is 0.0769. The van der Waals surface area contributed by atoms with Crippen molar-refractivity contribution in [2.45, 2.75) is 21.9 Å². The third-order valence-electron chi connectivity index (χ3n) is 5.32. The monoisotopic (exact) mass is 492 g/mol. The molecule has 0 aliphatic heterocycles. The lowest BCUT2D eigenvalue weighted by atomic mass is 9.95. The Balaban J connectivity index is 1.82. The van der Waals surface area contributed by atoms with Gasteiger partial charge in [-0.1, -0.05) is 97.1 Å². The lowest BCUT2D eigenvalue weighted by Crippen LogP contribution is -2.40. The summed E-state index contributed by atoms with van der Waals surface area (Å²) < 4.78 is 58.7. The second-order valence-electron chi connectivity index (χ2n) is 7.65. The van der Waals surface area contributed by atoms with E-state index < -0.39 is 32.1 Å². The summed E-state index contributed by atoms with van der Waals surface area (Å²) in [7, 11) is -7.93. The highest BCUT2D eigenvalue weighted by atomic mass is 32.2. The molecule has 0 unspecified atom stereocenters. The van der Waals surface area contributed by atoms with E-state index >= 15 is 0 Å². The molecule has 174 valence electrons. The van der Waals surface area contributed by atoms with Gasteiger partial charge >= 0.3 is 0 Å². The molecule has 0 spiro atoms. The van der Waals surface area contributed by atoms with E-state index in [1.807, 2.05) is 12.1 Å². The second kappa shape index (κ2) is 10.3. The molecule has 0 heterocycles. The SMILES string of the molecule is O=S(=O)(N[C@@H](c1ccccc1)[C@@H](NS(=O)(=O)c1ccccc1)c1ccccc1)c1ccccc1. The highest BCUT2D eigenvalue weighted by Gasteiger charge is 2.33. The van der Waals surface area contributed by atoms with Crippen LogP contribution in [0.3, 0.4) is 0 Å². The maximum absolute atomic E-state index is 13.3. The van der Waals surface area contributed by atoms with Gasteiger partial charge in [0.25, 0.3) is 0 Å². The van der Waals surface area contributed by atoms with Crippen LogP contribution < -0.4 is 9.44 Å². The molecule has 0 radical (unpaired) electrons. The number of sulfonamides is 2. The van der Waals surface area contributed by atoms with Crippen LogP contribution in [0, 0.1) is 0 Å².